The largest absolute Gasteiger partial charge is 0.382 e. The molecular formula is C34H41N9O5. The smallest absolute Gasteiger partial charge is 0.329 e. The van der Waals surface area contributed by atoms with E-state index >= 15 is 0 Å². The Kier molecular flexibility index (Phi) is 9.92. The van der Waals surface area contributed by atoms with Gasteiger partial charge in [-0.05, 0) is 57.4 Å². The van der Waals surface area contributed by atoms with E-state index < -0.39 is 11.9 Å². The van der Waals surface area contributed by atoms with Crippen LogP contribution in [0.2, 0.25) is 0 Å². The fourth-order valence-corrected chi connectivity index (χ4v) is 5.80. The van der Waals surface area contributed by atoms with Crippen molar-refractivity contribution in [2.45, 2.75) is 59.4 Å². The molecule has 0 spiro atoms. The summed E-state index contributed by atoms with van der Waals surface area (Å²) in [4.78, 5) is 59.7. The third-order valence-corrected chi connectivity index (χ3v) is 8.47. The number of rotatable bonds is 9. The van der Waals surface area contributed by atoms with Crippen LogP contribution in [-0.4, -0.2) is 79.9 Å². The summed E-state index contributed by atoms with van der Waals surface area (Å²) < 4.78 is 6.90. The van der Waals surface area contributed by atoms with Crippen LogP contribution in [0.3, 0.4) is 0 Å². The maximum absolute atomic E-state index is 13.2. The van der Waals surface area contributed by atoms with Crippen LogP contribution in [-0.2, 0) is 14.4 Å². The van der Waals surface area contributed by atoms with E-state index in [-0.39, 0.29) is 29.4 Å². The van der Waals surface area contributed by atoms with Gasteiger partial charge >= 0.3 is 6.03 Å². The first-order chi connectivity index (χ1) is 22.9. The summed E-state index contributed by atoms with van der Waals surface area (Å²) in [5, 5.41) is 11.1. The molecule has 3 aromatic heterocycles. The van der Waals surface area contributed by atoms with Crippen LogP contribution >= 0.6 is 0 Å². The Bertz CT molecular complexity index is 1850. The minimum absolute atomic E-state index is 0.0371. The van der Waals surface area contributed by atoms with E-state index in [1.54, 1.807) is 39.0 Å². The molecule has 0 aliphatic carbocycles. The van der Waals surface area contributed by atoms with Gasteiger partial charge < -0.3 is 20.5 Å². The van der Waals surface area contributed by atoms with Crippen molar-refractivity contribution in [3.05, 3.63) is 66.0 Å². The zero-order chi connectivity index (χ0) is 34.7. The van der Waals surface area contributed by atoms with Crippen molar-refractivity contribution >= 4 is 47.0 Å². The number of hydrogen-bond acceptors (Lipinski definition) is 9. The number of aldehydes is 1. The molecule has 0 radical (unpaired) electrons. The minimum Gasteiger partial charge on any atom is -0.382 e. The van der Waals surface area contributed by atoms with Crippen LogP contribution in [0.4, 0.5) is 22.1 Å². The van der Waals surface area contributed by atoms with E-state index in [1.165, 1.54) is 29.4 Å². The number of anilines is 3. The monoisotopic (exact) mass is 655 g/mol. The van der Waals surface area contributed by atoms with Gasteiger partial charge in [0, 0.05) is 67.2 Å². The van der Waals surface area contributed by atoms with Gasteiger partial charge in [0.15, 0.2) is 17.9 Å². The van der Waals surface area contributed by atoms with Gasteiger partial charge in [-0.15, -0.1) is 0 Å². The Morgan fingerprint density at radius 3 is 2.35 bits per heavy atom. The molecular weight excluding hydrogens is 614 g/mol. The van der Waals surface area contributed by atoms with Crippen LogP contribution in [0.25, 0.3) is 16.6 Å². The van der Waals surface area contributed by atoms with E-state index in [0.717, 1.165) is 29.7 Å². The molecule has 48 heavy (non-hydrogen) atoms. The molecule has 0 atom stereocenters. The normalized spacial score (nSPS) is 14.1. The number of urea groups is 1. The van der Waals surface area contributed by atoms with Crippen molar-refractivity contribution < 1.29 is 23.7 Å². The van der Waals surface area contributed by atoms with E-state index in [0.29, 0.717) is 48.0 Å². The summed E-state index contributed by atoms with van der Waals surface area (Å²) >= 11 is 0. The maximum atomic E-state index is 13.2. The molecule has 1 aliphatic heterocycles. The number of carbonyl (C=O) groups is 4. The highest BCUT2D eigenvalue weighted by Crippen LogP contribution is 2.37. The molecule has 0 saturated carbocycles. The summed E-state index contributed by atoms with van der Waals surface area (Å²) in [6.07, 6.45) is 4.69. The fraction of sp³-hybridized carbons (Fsp3) is 0.382. The predicted molar refractivity (Wildman–Crippen MR) is 181 cm³/mol. The number of hydrogen-bond donors (Lipinski definition) is 2. The van der Waals surface area contributed by atoms with Crippen molar-refractivity contribution in [1.29, 1.82) is 0 Å². The summed E-state index contributed by atoms with van der Waals surface area (Å²) in [6, 6.07) is 9.94. The zero-order valence-electron chi connectivity index (χ0n) is 28.0. The van der Waals surface area contributed by atoms with E-state index in [2.05, 4.69) is 26.6 Å². The Balaban J connectivity index is 1.34. The van der Waals surface area contributed by atoms with Gasteiger partial charge in [-0.1, -0.05) is 31.1 Å². The average Bonchev–Trinajstić information content (AvgIpc) is 3.69. The number of benzene rings is 1. The SMILES string of the molecule is Cc1cc(N(C)C(=O)N(/C=C(\C=O)C(=O)Nc2ccc(-c3cc(C4CCN(C(=O)C(C)C)CC4)n4ncnc(N)c34)cc2)C(C)C)no1. The van der Waals surface area contributed by atoms with Gasteiger partial charge in [0.25, 0.3) is 5.91 Å². The van der Waals surface area contributed by atoms with Crippen molar-refractivity contribution in [2.24, 2.45) is 5.92 Å². The lowest BCUT2D eigenvalue weighted by Gasteiger charge is -2.33. The van der Waals surface area contributed by atoms with E-state index in [9.17, 15) is 19.2 Å². The first-order valence-corrected chi connectivity index (χ1v) is 15.9. The molecule has 1 aliphatic rings. The number of nitrogen functional groups attached to an aromatic ring is 1. The number of aromatic nitrogens is 4. The lowest BCUT2D eigenvalue weighted by Crippen LogP contribution is -2.42. The predicted octanol–water partition coefficient (Wildman–Crippen LogP) is 4.63. The third-order valence-electron chi connectivity index (χ3n) is 8.47. The second-order valence-electron chi connectivity index (χ2n) is 12.5. The summed E-state index contributed by atoms with van der Waals surface area (Å²) in [5.41, 5.74) is 9.92. The molecule has 5 rings (SSSR count). The van der Waals surface area contributed by atoms with Crippen LogP contribution < -0.4 is 16.0 Å². The average molecular weight is 656 g/mol. The highest BCUT2D eigenvalue weighted by molar-refractivity contribution is 6.16. The number of amides is 4. The number of nitrogens with one attached hydrogen (secondary N) is 1. The molecule has 14 nitrogen and oxygen atoms in total. The number of nitrogens with zero attached hydrogens (tertiary/aromatic N) is 7. The molecule has 252 valence electrons. The second kappa shape index (κ2) is 14.1. The standard InChI is InChI=1S/C34H41N9O5/c1-20(2)33(46)41-13-11-24(12-14-41)28-16-27(30-31(35)36-19-37-43(28)30)23-7-9-26(10-8-23)38-32(45)25(18-44)17-42(21(3)4)34(47)40(6)29-15-22(5)48-39-29/h7-10,15-21,24H,11-14H2,1-6H3,(H,38,45)(H2,35,36,37)/b25-17+. The molecule has 14 heteroatoms. The van der Waals surface area contributed by atoms with E-state index in [1.807, 2.05) is 35.4 Å². The van der Waals surface area contributed by atoms with Crippen molar-refractivity contribution in [3.8, 4) is 11.1 Å². The summed E-state index contributed by atoms with van der Waals surface area (Å²) in [6.45, 7) is 10.4. The number of carbonyl (C=O) groups excluding carboxylic acids is 4. The molecule has 3 N–H and O–H groups in total. The topological polar surface area (TPSA) is 172 Å². The Hall–Kier alpha value is -5.53. The number of nitrogens with two attached hydrogens (primary N) is 1. The summed E-state index contributed by atoms with van der Waals surface area (Å²) in [7, 11) is 1.53. The highest BCUT2D eigenvalue weighted by Gasteiger charge is 2.29. The Labute approximate surface area is 278 Å². The first-order valence-electron chi connectivity index (χ1n) is 15.9. The zero-order valence-corrected chi connectivity index (χ0v) is 28.0. The van der Waals surface area contributed by atoms with Gasteiger partial charge in [-0.25, -0.2) is 14.3 Å². The van der Waals surface area contributed by atoms with Gasteiger partial charge in [0.1, 0.15) is 17.6 Å². The van der Waals surface area contributed by atoms with Gasteiger partial charge in [-0.2, -0.15) is 5.10 Å². The molecule has 4 amide bonds. The molecule has 1 fully saturated rings. The quantitative estimate of drug-likeness (QED) is 0.113. The minimum atomic E-state index is -0.673. The Morgan fingerprint density at radius 2 is 1.77 bits per heavy atom. The maximum Gasteiger partial charge on any atom is 0.329 e. The third kappa shape index (κ3) is 6.92. The van der Waals surface area contributed by atoms with Crippen LogP contribution in [0.5, 0.6) is 0 Å². The Morgan fingerprint density at radius 1 is 1.08 bits per heavy atom. The van der Waals surface area contributed by atoms with Crippen LogP contribution in [0.15, 0.2) is 59.0 Å². The number of piperidine rings is 1. The molecule has 0 bridgehead atoms. The molecule has 1 aromatic carbocycles. The van der Waals surface area contributed by atoms with Crippen molar-refractivity contribution in [2.75, 3.05) is 36.1 Å². The second-order valence-corrected chi connectivity index (χ2v) is 12.5. The first kappa shape index (κ1) is 33.8. The van der Waals surface area contributed by atoms with Crippen LogP contribution in [0.1, 0.15) is 57.9 Å². The van der Waals surface area contributed by atoms with Crippen molar-refractivity contribution in [3.63, 3.8) is 0 Å². The highest BCUT2D eigenvalue weighted by atomic mass is 16.5. The summed E-state index contributed by atoms with van der Waals surface area (Å²) in [5.74, 6) is 0.812. The van der Waals surface area contributed by atoms with E-state index in [4.69, 9.17) is 10.3 Å². The fourth-order valence-electron chi connectivity index (χ4n) is 5.80. The van der Waals surface area contributed by atoms with Gasteiger partial charge in [0.05, 0.1) is 5.57 Å². The lowest BCUT2D eigenvalue weighted by molar-refractivity contribution is -0.135. The lowest BCUT2D eigenvalue weighted by atomic mass is 9.92. The number of aryl methyl sites for hydroxylation is 1. The molecule has 0 unspecified atom stereocenters. The van der Waals surface area contributed by atoms with Crippen LogP contribution in [0, 0.1) is 12.8 Å². The molecule has 1 saturated heterocycles. The molecule has 4 aromatic rings. The number of likely N-dealkylation sites (tertiary alicyclic amines) is 1. The molecule has 4 heterocycles. The van der Waals surface area contributed by atoms with Gasteiger partial charge in [-0.3, -0.25) is 24.2 Å². The number of fused-ring (bicyclic) bond motifs is 1. The van der Waals surface area contributed by atoms with Crippen molar-refractivity contribution in [1.82, 2.24) is 29.6 Å². The van der Waals surface area contributed by atoms with Gasteiger partial charge in [0.2, 0.25) is 5.91 Å².